The summed E-state index contributed by atoms with van der Waals surface area (Å²) in [6.07, 6.45) is 4.13. The molecule has 1 aliphatic carbocycles. The highest BCUT2D eigenvalue weighted by atomic mass is 16.5. The number of benzene rings is 1. The second kappa shape index (κ2) is 5.91. The van der Waals surface area contributed by atoms with Crippen LogP contribution in [0.4, 0.5) is 0 Å². The first-order valence-corrected chi connectivity index (χ1v) is 8.90. The van der Waals surface area contributed by atoms with Gasteiger partial charge in [0.1, 0.15) is 6.10 Å². The smallest absolute Gasteiger partial charge is 0.251 e. The van der Waals surface area contributed by atoms with Gasteiger partial charge in [0, 0.05) is 25.7 Å². The number of hydrogen-bond donors (Lipinski definition) is 0. The number of piperidine rings is 1. The topological polar surface area (TPSA) is 32.8 Å². The van der Waals surface area contributed by atoms with Crippen molar-refractivity contribution < 1.29 is 9.53 Å². The lowest BCUT2D eigenvalue weighted by atomic mass is 9.88. The van der Waals surface area contributed by atoms with Crippen molar-refractivity contribution in [2.75, 3.05) is 19.6 Å². The highest BCUT2D eigenvalue weighted by Crippen LogP contribution is 2.38. The van der Waals surface area contributed by atoms with Gasteiger partial charge in [0.05, 0.1) is 12.1 Å². The zero-order valence-corrected chi connectivity index (χ0v) is 13.9. The number of hydrogen-bond acceptors (Lipinski definition) is 3. The monoisotopic (exact) mass is 314 g/mol. The van der Waals surface area contributed by atoms with Gasteiger partial charge in [-0.05, 0) is 38.2 Å². The molecule has 2 heterocycles. The highest BCUT2D eigenvalue weighted by Gasteiger charge is 2.48. The van der Waals surface area contributed by atoms with E-state index >= 15 is 0 Å². The number of amides is 1. The van der Waals surface area contributed by atoms with Crippen molar-refractivity contribution in [1.29, 1.82) is 0 Å². The molecule has 4 heteroatoms. The van der Waals surface area contributed by atoms with Crippen LogP contribution >= 0.6 is 0 Å². The molecule has 1 aromatic carbocycles. The Morgan fingerprint density at radius 2 is 1.87 bits per heavy atom. The average Bonchev–Trinajstić information content (AvgIpc) is 3.39. The number of rotatable bonds is 3. The third-order valence-corrected chi connectivity index (χ3v) is 5.52. The molecule has 4 rings (SSSR count). The van der Waals surface area contributed by atoms with E-state index in [0.717, 1.165) is 39.0 Å². The Morgan fingerprint density at radius 3 is 2.52 bits per heavy atom. The van der Waals surface area contributed by atoms with Gasteiger partial charge in [-0.2, -0.15) is 0 Å². The average molecular weight is 314 g/mol. The van der Waals surface area contributed by atoms with E-state index in [1.54, 1.807) is 0 Å². The van der Waals surface area contributed by atoms with Gasteiger partial charge in [-0.3, -0.25) is 9.69 Å². The summed E-state index contributed by atoms with van der Waals surface area (Å²) < 4.78 is 6.22. The van der Waals surface area contributed by atoms with Crippen molar-refractivity contribution in [2.24, 2.45) is 0 Å². The zero-order valence-electron chi connectivity index (χ0n) is 13.9. The molecule has 0 bridgehead atoms. The Bertz CT molecular complexity index is 562. The molecule has 4 nitrogen and oxygen atoms in total. The largest absolute Gasteiger partial charge is 0.360 e. The lowest BCUT2D eigenvalue weighted by molar-refractivity contribution is -0.191. The van der Waals surface area contributed by atoms with Crippen LogP contribution in [0.1, 0.15) is 38.2 Å². The van der Waals surface area contributed by atoms with E-state index in [9.17, 15) is 4.79 Å². The summed E-state index contributed by atoms with van der Waals surface area (Å²) in [4.78, 5) is 16.9. The van der Waals surface area contributed by atoms with Crippen LogP contribution in [0.2, 0.25) is 0 Å². The molecule has 0 N–H and O–H groups in total. The van der Waals surface area contributed by atoms with E-state index < -0.39 is 0 Å². The van der Waals surface area contributed by atoms with E-state index in [4.69, 9.17) is 4.74 Å². The van der Waals surface area contributed by atoms with E-state index in [-0.39, 0.29) is 17.6 Å². The van der Waals surface area contributed by atoms with Gasteiger partial charge in [-0.25, -0.2) is 0 Å². The fraction of sp³-hybridized carbons (Fsp3) is 0.632. The van der Waals surface area contributed by atoms with Crippen molar-refractivity contribution >= 4 is 5.91 Å². The Morgan fingerprint density at radius 1 is 1.17 bits per heavy atom. The molecule has 3 fully saturated rings. The molecule has 124 valence electrons. The van der Waals surface area contributed by atoms with Gasteiger partial charge < -0.3 is 9.64 Å². The Balaban J connectivity index is 1.39. The van der Waals surface area contributed by atoms with Crippen LogP contribution in [-0.4, -0.2) is 53.1 Å². The first-order chi connectivity index (χ1) is 11.2. The molecule has 1 aromatic rings. The van der Waals surface area contributed by atoms with Crippen LogP contribution in [0.15, 0.2) is 30.3 Å². The Hall–Kier alpha value is -1.39. The van der Waals surface area contributed by atoms with Crippen molar-refractivity contribution in [3.8, 4) is 0 Å². The van der Waals surface area contributed by atoms with E-state index in [1.807, 2.05) is 6.92 Å². The van der Waals surface area contributed by atoms with E-state index in [0.29, 0.717) is 6.04 Å². The molecule has 1 spiro atoms. The highest BCUT2D eigenvalue weighted by molar-refractivity contribution is 5.82. The van der Waals surface area contributed by atoms with Gasteiger partial charge in [-0.1, -0.05) is 30.3 Å². The van der Waals surface area contributed by atoms with Crippen molar-refractivity contribution in [3.63, 3.8) is 0 Å². The molecule has 1 atom stereocenters. The maximum Gasteiger partial charge on any atom is 0.251 e. The van der Waals surface area contributed by atoms with Gasteiger partial charge in [0.15, 0.2) is 0 Å². The molecule has 1 saturated carbocycles. The van der Waals surface area contributed by atoms with Crippen LogP contribution < -0.4 is 0 Å². The summed E-state index contributed by atoms with van der Waals surface area (Å²) in [5.41, 5.74) is 1.26. The fourth-order valence-corrected chi connectivity index (χ4v) is 4.02. The van der Waals surface area contributed by atoms with Crippen molar-refractivity contribution in [3.05, 3.63) is 35.9 Å². The quantitative estimate of drug-likeness (QED) is 0.859. The van der Waals surface area contributed by atoms with Crippen LogP contribution in [0, 0.1) is 0 Å². The van der Waals surface area contributed by atoms with E-state index in [1.165, 1.54) is 18.4 Å². The summed E-state index contributed by atoms with van der Waals surface area (Å²) in [6.45, 7) is 5.84. The minimum Gasteiger partial charge on any atom is -0.360 e. The molecule has 1 amide bonds. The Labute approximate surface area is 138 Å². The van der Waals surface area contributed by atoms with Crippen LogP contribution in [0.3, 0.4) is 0 Å². The Kier molecular flexibility index (Phi) is 3.90. The molecule has 23 heavy (non-hydrogen) atoms. The summed E-state index contributed by atoms with van der Waals surface area (Å²) >= 11 is 0. The van der Waals surface area contributed by atoms with Crippen molar-refractivity contribution in [1.82, 2.24) is 9.80 Å². The van der Waals surface area contributed by atoms with Crippen LogP contribution in [-0.2, 0) is 16.1 Å². The standard InChI is InChI=1S/C19H26N2O2/c1-15-18(22)21(17-7-8-17)14-19(23-15)9-11-20(12-10-19)13-16-5-3-2-4-6-16/h2-6,15,17H,7-14H2,1H3. The molecule has 0 radical (unpaired) electrons. The lowest BCUT2D eigenvalue weighted by Crippen LogP contribution is -2.61. The second-order valence-electron chi connectivity index (χ2n) is 7.40. The maximum atomic E-state index is 12.3. The number of carbonyl (C=O) groups excluding carboxylic acids is 1. The normalized spacial score (nSPS) is 28.3. The number of likely N-dealkylation sites (tertiary alicyclic amines) is 1. The molecule has 1 unspecified atom stereocenters. The molecular weight excluding hydrogens is 288 g/mol. The number of morpholine rings is 1. The second-order valence-corrected chi connectivity index (χ2v) is 7.40. The zero-order chi connectivity index (χ0) is 15.9. The molecule has 2 saturated heterocycles. The summed E-state index contributed by atoms with van der Waals surface area (Å²) in [5.74, 6) is 0.199. The third kappa shape index (κ3) is 3.15. The lowest BCUT2D eigenvalue weighted by Gasteiger charge is -2.49. The van der Waals surface area contributed by atoms with Gasteiger partial charge in [-0.15, -0.1) is 0 Å². The minimum absolute atomic E-state index is 0.108. The predicted octanol–water partition coefficient (Wildman–Crippen LogP) is 2.43. The van der Waals surface area contributed by atoms with Gasteiger partial charge >= 0.3 is 0 Å². The van der Waals surface area contributed by atoms with Crippen molar-refractivity contribution in [2.45, 2.75) is 56.9 Å². The summed E-state index contributed by atoms with van der Waals surface area (Å²) in [5, 5.41) is 0. The van der Waals surface area contributed by atoms with Gasteiger partial charge in [0.25, 0.3) is 5.91 Å². The summed E-state index contributed by atoms with van der Waals surface area (Å²) in [7, 11) is 0. The molecular formula is C19H26N2O2. The first kappa shape index (κ1) is 15.2. The van der Waals surface area contributed by atoms with Crippen LogP contribution in [0.25, 0.3) is 0 Å². The fourth-order valence-electron chi connectivity index (χ4n) is 4.02. The number of nitrogens with zero attached hydrogens (tertiary/aromatic N) is 2. The molecule has 2 aliphatic heterocycles. The number of ether oxygens (including phenoxy) is 1. The third-order valence-electron chi connectivity index (χ3n) is 5.52. The molecule has 0 aromatic heterocycles. The summed E-state index contributed by atoms with van der Waals surface area (Å²) in [6, 6.07) is 11.1. The maximum absolute atomic E-state index is 12.3. The van der Waals surface area contributed by atoms with E-state index in [2.05, 4.69) is 40.1 Å². The number of carbonyl (C=O) groups is 1. The first-order valence-electron chi connectivity index (χ1n) is 8.90. The molecule has 3 aliphatic rings. The van der Waals surface area contributed by atoms with Crippen LogP contribution in [0.5, 0.6) is 0 Å². The minimum atomic E-state index is -0.273. The van der Waals surface area contributed by atoms with Gasteiger partial charge in [0.2, 0.25) is 0 Å². The SMILES string of the molecule is CC1OC2(CCN(Cc3ccccc3)CC2)CN(C2CC2)C1=O. The predicted molar refractivity (Wildman–Crippen MR) is 89.0 cm³/mol.